The third kappa shape index (κ3) is 5.89. The number of aromatic nitrogens is 1. The molecule has 1 aromatic carbocycles. The van der Waals surface area contributed by atoms with Crippen LogP contribution in [-0.2, 0) is 15.7 Å². The molecule has 2 rings (SSSR count). The molecule has 14 nitrogen and oxygen atoms in total. The summed E-state index contributed by atoms with van der Waals surface area (Å²) in [6, 6.07) is 5.45. The molecule has 17 heteroatoms. The Bertz CT molecular complexity index is 947. The Morgan fingerprint density at radius 2 is 1.73 bits per heavy atom. The summed E-state index contributed by atoms with van der Waals surface area (Å²) in [5.74, 6) is 0. The van der Waals surface area contributed by atoms with Gasteiger partial charge in [-0.2, -0.15) is 0 Å². The summed E-state index contributed by atoms with van der Waals surface area (Å²) in [6.07, 6.45) is -0.967. The molecule has 0 spiro atoms. The van der Waals surface area contributed by atoms with Gasteiger partial charge in [-0.05, 0) is 19.1 Å². The van der Waals surface area contributed by atoms with E-state index in [-0.39, 0.29) is 23.2 Å². The van der Waals surface area contributed by atoms with Crippen molar-refractivity contribution in [2.24, 2.45) is 0 Å². The van der Waals surface area contributed by atoms with Gasteiger partial charge in [0.2, 0.25) is 5.08 Å². The monoisotopic (exact) mass is 489 g/mol. The molecule has 0 aliphatic carbocycles. The molecule has 1 heterocycles. The van der Waals surface area contributed by atoms with Crippen LogP contribution in [0.3, 0.4) is 0 Å². The molecule has 2 unspecified atom stereocenters. The molecule has 0 radical (unpaired) electrons. The third-order valence-corrected chi connectivity index (χ3v) is 8.76. The molecule has 1 aromatic heterocycles. The fourth-order valence-corrected chi connectivity index (χ4v) is 5.35. The van der Waals surface area contributed by atoms with Crippen molar-refractivity contribution in [3.05, 3.63) is 45.5 Å². The second-order valence-corrected chi connectivity index (χ2v) is 10.7. The number of nitrogens with one attached hydrogen (secondary N) is 1. The third-order valence-electron chi connectivity index (χ3n) is 3.93. The van der Waals surface area contributed by atoms with Crippen LogP contribution in [0.25, 0.3) is 0 Å². The van der Waals surface area contributed by atoms with Crippen LogP contribution in [0.15, 0.2) is 29.6 Å². The summed E-state index contributed by atoms with van der Waals surface area (Å²) in [6.45, 7) is 1.29. The van der Waals surface area contributed by atoms with Gasteiger partial charge < -0.3 is 40.2 Å². The van der Waals surface area contributed by atoms with Gasteiger partial charge in [0, 0.05) is 23.9 Å². The van der Waals surface area contributed by atoms with Crippen LogP contribution in [0.4, 0.5) is 16.5 Å². The first-order valence-electron chi connectivity index (χ1n) is 7.57. The van der Waals surface area contributed by atoms with Gasteiger partial charge in [-0.1, -0.05) is 11.3 Å². The second-order valence-electron chi connectivity index (χ2n) is 5.85. The summed E-state index contributed by atoms with van der Waals surface area (Å²) >= 11 is 1.18. The number of benzene rings is 1. The molecule has 30 heavy (non-hydrogen) atoms. The van der Waals surface area contributed by atoms with Crippen molar-refractivity contribution in [2.75, 3.05) is 5.32 Å². The van der Waals surface area contributed by atoms with Crippen LogP contribution < -0.4 is 14.8 Å². The fraction of sp³-hybridized carbons (Fsp3) is 0.308. The van der Waals surface area contributed by atoms with E-state index in [0.29, 0.717) is 16.5 Å². The molecule has 9 N–H and O–H groups in total. The van der Waals surface area contributed by atoms with E-state index in [4.69, 9.17) is 4.89 Å². The summed E-state index contributed by atoms with van der Waals surface area (Å²) in [5, 5.41) is 22.1. The van der Waals surface area contributed by atoms with Crippen molar-refractivity contribution in [1.82, 2.24) is 0 Å². The average molecular weight is 489 g/mol. The van der Waals surface area contributed by atoms with Crippen LogP contribution in [0.1, 0.15) is 12.1 Å². The largest absolute Gasteiger partial charge is 0.776 e. The summed E-state index contributed by atoms with van der Waals surface area (Å²) < 4.78 is 24.3. The van der Waals surface area contributed by atoms with Gasteiger partial charge in [-0.15, -0.1) is 0 Å². The molecular weight excluding hydrogens is 468 g/mol. The lowest BCUT2D eigenvalue weighted by molar-refractivity contribution is -0.686. The minimum absolute atomic E-state index is 0. The lowest BCUT2D eigenvalue weighted by Gasteiger charge is -2.35. The van der Waals surface area contributed by atoms with Crippen LogP contribution in [0.5, 0.6) is 0 Å². The van der Waals surface area contributed by atoms with Crippen molar-refractivity contribution >= 4 is 43.0 Å². The maximum Gasteiger partial charge on any atom is 0.365 e. The van der Waals surface area contributed by atoms with E-state index in [0.717, 1.165) is 0 Å². The normalized spacial score (nSPS) is 15.1. The SMILES string of the molecule is Cc1csc(Nc2ccc([N+](=O)[O-])cc2)[n+]1CCC(O)(P(=O)([O-])O)P(=O)(O)O.O.O. The molecular formula is C13H21N3O11P2S. The van der Waals surface area contributed by atoms with E-state index in [1.807, 2.05) is 0 Å². The molecule has 0 saturated heterocycles. The van der Waals surface area contributed by atoms with Crippen LogP contribution in [0, 0.1) is 17.0 Å². The highest BCUT2D eigenvalue weighted by Crippen LogP contribution is 2.67. The quantitative estimate of drug-likeness (QED) is 0.132. The summed E-state index contributed by atoms with van der Waals surface area (Å²) in [4.78, 5) is 49.0. The molecule has 0 aliphatic heterocycles. The molecule has 0 amide bonds. The number of thiazole rings is 1. The number of hydrogen-bond donors (Lipinski definition) is 5. The van der Waals surface area contributed by atoms with Gasteiger partial charge in [-0.25, -0.2) is 9.88 Å². The Morgan fingerprint density at radius 3 is 2.17 bits per heavy atom. The zero-order chi connectivity index (χ0) is 21.3. The first-order valence-corrected chi connectivity index (χ1v) is 11.6. The van der Waals surface area contributed by atoms with Gasteiger partial charge in [0.25, 0.3) is 5.69 Å². The number of nitro groups is 1. The smallest absolute Gasteiger partial charge is 0.365 e. The Kier molecular flexibility index (Phi) is 9.43. The van der Waals surface area contributed by atoms with Gasteiger partial charge in [0.15, 0.2) is 7.60 Å². The lowest BCUT2D eigenvalue weighted by atomic mass is 10.3. The van der Waals surface area contributed by atoms with E-state index in [9.17, 15) is 39.0 Å². The van der Waals surface area contributed by atoms with Crippen LogP contribution in [-0.4, -0.2) is 40.7 Å². The fourth-order valence-electron chi connectivity index (χ4n) is 2.31. The van der Waals surface area contributed by atoms with Crippen LogP contribution >= 0.6 is 26.5 Å². The molecule has 0 aliphatic rings. The van der Waals surface area contributed by atoms with E-state index in [1.165, 1.54) is 40.2 Å². The second kappa shape index (κ2) is 10.0. The maximum atomic E-state index is 11.4. The van der Waals surface area contributed by atoms with E-state index >= 15 is 0 Å². The minimum Gasteiger partial charge on any atom is -0.776 e. The number of non-ortho nitro benzene ring substituents is 1. The first kappa shape index (κ1) is 28.2. The average Bonchev–Trinajstić information content (AvgIpc) is 2.91. The number of hydrogen-bond acceptors (Lipinski definition) is 8. The van der Waals surface area contributed by atoms with Crippen molar-refractivity contribution in [1.29, 1.82) is 0 Å². The van der Waals surface area contributed by atoms with E-state index < -0.39 is 31.6 Å². The highest BCUT2D eigenvalue weighted by molar-refractivity contribution is 7.71. The number of aryl methyl sites for hydroxylation is 1. The Morgan fingerprint density at radius 1 is 1.20 bits per heavy atom. The van der Waals surface area contributed by atoms with Crippen LogP contribution in [0.2, 0.25) is 0 Å². The standard InChI is InChI=1S/C13H17N3O9P2S.2H2O/c1-9-8-28-12(14-10-2-4-11(5-3-10)16(18)19)15(9)7-6-13(17,26(20,21)22)27(23,24)25;;/h2-5,8,17H,6-7H2,1H3,(H4,20,21,22,23,24,25);2*1H2. The topological polar surface area (TPSA) is 260 Å². The molecule has 2 atom stereocenters. The van der Waals surface area contributed by atoms with Crippen molar-refractivity contribution in [3.8, 4) is 0 Å². The zero-order valence-corrected chi connectivity index (χ0v) is 17.9. The number of nitrogens with zero attached hydrogens (tertiary/aromatic N) is 2. The molecule has 0 saturated carbocycles. The molecule has 0 bridgehead atoms. The number of aliphatic hydroxyl groups is 1. The van der Waals surface area contributed by atoms with Crippen molar-refractivity contribution < 1.29 is 54.3 Å². The van der Waals surface area contributed by atoms with Crippen molar-refractivity contribution in [3.63, 3.8) is 0 Å². The lowest BCUT2D eigenvalue weighted by Crippen LogP contribution is -2.43. The number of nitro benzene ring substituents is 1. The number of anilines is 2. The van der Waals surface area contributed by atoms with Gasteiger partial charge in [-0.3, -0.25) is 14.7 Å². The number of rotatable bonds is 8. The van der Waals surface area contributed by atoms with Gasteiger partial charge in [0.05, 0.1) is 11.5 Å². The highest BCUT2D eigenvalue weighted by atomic mass is 32.1. The maximum absolute atomic E-state index is 11.4. The highest BCUT2D eigenvalue weighted by Gasteiger charge is 2.53. The predicted octanol–water partition coefficient (Wildman–Crippen LogP) is -0.894. The summed E-state index contributed by atoms with van der Waals surface area (Å²) in [7, 11) is -11.4. The molecule has 0 fully saturated rings. The van der Waals surface area contributed by atoms with Gasteiger partial charge in [0.1, 0.15) is 11.4 Å². The molecule has 2 aromatic rings. The molecule has 170 valence electrons. The predicted molar refractivity (Wildman–Crippen MR) is 104 cm³/mol. The Labute approximate surface area is 173 Å². The van der Waals surface area contributed by atoms with Gasteiger partial charge >= 0.3 is 12.7 Å². The Hall–Kier alpha value is -1.77. The van der Waals surface area contributed by atoms with Crippen molar-refractivity contribution in [2.45, 2.75) is 25.0 Å². The zero-order valence-electron chi connectivity index (χ0n) is 15.3. The Balaban J connectivity index is 0.00000420. The minimum atomic E-state index is -5.79. The first-order chi connectivity index (χ1) is 12.8. The summed E-state index contributed by atoms with van der Waals surface area (Å²) in [5.41, 5.74) is 0.950. The van der Waals surface area contributed by atoms with E-state index in [1.54, 1.807) is 12.3 Å². The van der Waals surface area contributed by atoms with E-state index in [2.05, 4.69) is 5.32 Å².